The number of aliphatic imine (C=N–C) groups is 1. The van der Waals surface area contributed by atoms with E-state index in [-0.39, 0.29) is 12.4 Å². The van der Waals surface area contributed by atoms with Crippen molar-refractivity contribution in [2.75, 3.05) is 19.6 Å². The van der Waals surface area contributed by atoms with Gasteiger partial charge in [0, 0.05) is 19.1 Å². The van der Waals surface area contributed by atoms with Crippen LogP contribution in [-0.4, -0.2) is 35.2 Å². The number of hydrogen-bond acceptors (Lipinski definition) is 2. The van der Waals surface area contributed by atoms with Gasteiger partial charge in [-0.1, -0.05) is 0 Å². The lowest BCUT2D eigenvalue weighted by Crippen LogP contribution is -3.00. The van der Waals surface area contributed by atoms with Gasteiger partial charge in [0.15, 0.2) is 5.82 Å². The second kappa shape index (κ2) is 3.41. The molecule has 3 aliphatic heterocycles. The Kier molecular flexibility index (Phi) is 2.37. The first kappa shape index (κ1) is 9.74. The first-order valence-corrected chi connectivity index (χ1v) is 4.96. The Balaban J connectivity index is 0.000000750. The highest BCUT2D eigenvalue weighted by molar-refractivity contribution is 5.65. The predicted octanol–water partition coefficient (Wildman–Crippen LogP) is -1.73. The molecule has 4 heteroatoms. The standard InChI is InChI=1S/C10H14N3.ClH/c1-2-7-13(6-1)8-5-12-4-3-11-10(12)9-13;/h3,5,8-9H,1-2,4,6-7H2;1H/q+1;/p-1. The molecule has 76 valence electrons. The van der Waals surface area contributed by atoms with E-state index in [9.17, 15) is 0 Å². The van der Waals surface area contributed by atoms with Crippen LogP contribution in [0.2, 0.25) is 0 Å². The molecule has 0 aliphatic carbocycles. The number of nitrogens with zero attached hydrogens (tertiary/aromatic N) is 3. The lowest BCUT2D eigenvalue weighted by atomic mass is 10.4. The highest BCUT2D eigenvalue weighted by Crippen LogP contribution is 2.28. The average molecular weight is 212 g/mol. The highest BCUT2D eigenvalue weighted by atomic mass is 35.5. The molecule has 0 radical (unpaired) electrons. The third-order valence-electron chi connectivity index (χ3n) is 3.11. The number of hydrogen-bond donors (Lipinski definition) is 0. The topological polar surface area (TPSA) is 15.6 Å². The second-order valence-electron chi connectivity index (χ2n) is 4.01. The van der Waals surface area contributed by atoms with Crippen molar-refractivity contribution in [3.05, 3.63) is 24.4 Å². The Morgan fingerprint density at radius 2 is 2.07 bits per heavy atom. The summed E-state index contributed by atoms with van der Waals surface area (Å²) in [6.45, 7) is 3.45. The summed E-state index contributed by atoms with van der Waals surface area (Å²) in [6, 6.07) is 0. The van der Waals surface area contributed by atoms with Crippen molar-refractivity contribution >= 4 is 6.21 Å². The maximum absolute atomic E-state index is 4.37. The van der Waals surface area contributed by atoms with E-state index in [2.05, 4.69) is 28.5 Å². The van der Waals surface area contributed by atoms with E-state index in [4.69, 9.17) is 0 Å². The largest absolute Gasteiger partial charge is 1.00 e. The molecule has 14 heavy (non-hydrogen) atoms. The van der Waals surface area contributed by atoms with Crippen molar-refractivity contribution in [1.82, 2.24) is 4.90 Å². The van der Waals surface area contributed by atoms with Gasteiger partial charge in [-0.05, 0) is 0 Å². The fourth-order valence-corrected chi connectivity index (χ4v) is 2.32. The van der Waals surface area contributed by atoms with Gasteiger partial charge in [0.2, 0.25) is 0 Å². The monoisotopic (exact) mass is 211 g/mol. The first-order valence-electron chi connectivity index (χ1n) is 4.96. The molecule has 0 aromatic carbocycles. The number of rotatable bonds is 0. The van der Waals surface area contributed by atoms with E-state index < -0.39 is 0 Å². The average Bonchev–Trinajstić information content (AvgIpc) is 2.74. The van der Waals surface area contributed by atoms with E-state index in [0.29, 0.717) is 0 Å². The van der Waals surface area contributed by atoms with Gasteiger partial charge in [0.05, 0.1) is 25.8 Å². The van der Waals surface area contributed by atoms with Gasteiger partial charge < -0.3 is 17.3 Å². The predicted molar refractivity (Wildman–Crippen MR) is 51.6 cm³/mol. The summed E-state index contributed by atoms with van der Waals surface area (Å²) < 4.78 is 1.03. The van der Waals surface area contributed by atoms with Crippen LogP contribution < -0.4 is 12.4 Å². The van der Waals surface area contributed by atoms with Crippen molar-refractivity contribution in [2.45, 2.75) is 12.8 Å². The molecule has 1 saturated heterocycles. The van der Waals surface area contributed by atoms with Crippen LogP contribution in [0.25, 0.3) is 0 Å². The van der Waals surface area contributed by atoms with Crippen molar-refractivity contribution in [3.63, 3.8) is 0 Å². The maximum Gasteiger partial charge on any atom is 0.187 e. The third kappa shape index (κ3) is 1.37. The van der Waals surface area contributed by atoms with E-state index in [1.54, 1.807) is 0 Å². The molecule has 1 fully saturated rings. The normalized spacial score (nSPS) is 26.3. The molecular weight excluding hydrogens is 198 g/mol. The first-order chi connectivity index (χ1) is 6.38. The van der Waals surface area contributed by atoms with Crippen molar-refractivity contribution < 1.29 is 16.9 Å². The molecule has 1 spiro atoms. The Hall–Kier alpha value is -0.800. The van der Waals surface area contributed by atoms with Gasteiger partial charge in [-0.2, -0.15) is 0 Å². The zero-order valence-corrected chi connectivity index (χ0v) is 8.82. The van der Waals surface area contributed by atoms with Crippen LogP contribution in [0.4, 0.5) is 0 Å². The van der Waals surface area contributed by atoms with E-state index in [0.717, 1.165) is 16.8 Å². The molecule has 0 saturated carbocycles. The fourth-order valence-electron chi connectivity index (χ4n) is 2.32. The van der Waals surface area contributed by atoms with Crippen molar-refractivity contribution in [3.8, 4) is 0 Å². The quantitative estimate of drug-likeness (QED) is 0.435. The molecule has 0 unspecified atom stereocenters. The molecule has 0 aromatic heterocycles. The molecule has 3 nitrogen and oxygen atoms in total. The van der Waals surface area contributed by atoms with Crippen LogP contribution >= 0.6 is 0 Å². The number of quaternary nitrogens is 1. The molecule has 0 amide bonds. The summed E-state index contributed by atoms with van der Waals surface area (Å²) in [4.78, 5) is 6.57. The highest BCUT2D eigenvalue weighted by Gasteiger charge is 2.33. The summed E-state index contributed by atoms with van der Waals surface area (Å²) in [5.41, 5.74) is 0. The van der Waals surface area contributed by atoms with Gasteiger partial charge in [-0.15, -0.1) is 0 Å². The third-order valence-corrected chi connectivity index (χ3v) is 3.11. The maximum atomic E-state index is 4.37. The minimum absolute atomic E-state index is 0. The molecule has 3 aliphatic rings. The van der Waals surface area contributed by atoms with Gasteiger partial charge in [-0.3, -0.25) is 4.48 Å². The molecule has 0 aromatic rings. The molecule has 3 rings (SSSR count). The fraction of sp³-hybridized carbons (Fsp3) is 0.500. The van der Waals surface area contributed by atoms with Gasteiger partial charge in [-0.25, -0.2) is 4.99 Å². The summed E-state index contributed by atoms with van der Waals surface area (Å²) in [6.07, 6.45) is 11.5. The Morgan fingerprint density at radius 3 is 2.86 bits per heavy atom. The van der Waals surface area contributed by atoms with Crippen molar-refractivity contribution in [1.29, 1.82) is 0 Å². The number of fused-ring (bicyclic) bond motifs is 1. The Morgan fingerprint density at radius 1 is 1.29 bits per heavy atom. The zero-order chi connectivity index (χ0) is 8.73. The van der Waals surface area contributed by atoms with Crippen LogP contribution in [0.15, 0.2) is 29.4 Å². The lowest BCUT2D eigenvalue weighted by Gasteiger charge is -2.30. The van der Waals surface area contributed by atoms with Gasteiger partial charge in [0.1, 0.15) is 12.4 Å². The smallest absolute Gasteiger partial charge is 0.187 e. The van der Waals surface area contributed by atoms with Crippen LogP contribution in [-0.2, 0) is 0 Å². The minimum Gasteiger partial charge on any atom is -1.00 e. The molecular formula is C10H14ClN3. The van der Waals surface area contributed by atoms with E-state index in [1.807, 2.05) is 6.21 Å². The summed E-state index contributed by atoms with van der Waals surface area (Å²) in [5.74, 6) is 1.14. The van der Waals surface area contributed by atoms with Crippen LogP contribution in [0.5, 0.6) is 0 Å². The van der Waals surface area contributed by atoms with E-state index in [1.165, 1.54) is 25.9 Å². The molecule has 0 N–H and O–H groups in total. The summed E-state index contributed by atoms with van der Waals surface area (Å²) >= 11 is 0. The van der Waals surface area contributed by atoms with E-state index >= 15 is 0 Å². The lowest BCUT2D eigenvalue weighted by molar-refractivity contribution is -0.816. The molecule has 0 bridgehead atoms. The second-order valence-corrected chi connectivity index (χ2v) is 4.01. The number of halogens is 1. The molecule has 0 atom stereocenters. The summed E-state index contributed by atoms with van der Waals surface area (Å²) in [5, 5.41) is 0. The van der Waals surface area contributed by atoms with Crippen LogP contribution in [0.3, 0.4) is 0 Å². The van der Waals surface area contributed by atoms with Crippen LogP contribution in [0.1, 0.15) is 12.8 Å². The minimum atomic E-state index is 0. The molecule has 3 heterocycles. The Labute approximate surface area is 90.4 Å². The van der Waals surface area contributed by atoms with Gasteiger partial charge >= 0.3 is 0 Å². The van der Waals surface area contributed by atoms with Gasteiger partial charge in [0.25, 0.3) is 0 Å². The van der Waals surface area contributed by atoms with Crippen molar-refractivity contribution in [2.24, 2.45) is 4.99 Å². The summed E-state index contributed by atoms with van der Waals surface area (Å²) in [7, 11) is 0. The Bertz CT molecular complexity index is 313. The van der Waals surface area contributed by atoms with Crippen LogP contribution in [0, 0.1) is 0 Å². The SMILES string of the molecule is C1=C[N+]2(C=C3N=CCN13)CCCC2.[Cl-]. The zero-order valence-electron chi connectivity index (χ0n) is 8.06.